The Kier molecular flexibility index (Phi) is 3.75. The zero-order valence-corrected chi connectivity index (χ0v) is 11.6. The molecule has 3 amide bonds. The number of imide groups is 1. The third-order valence-electron chi connectivity index (χ3n) is 2.39. The molecule has 7 heteroatoms. The third-order valence-corrected chi connectivity index (χ3v) is 2.85. The number of nitrogens with one attached hydrogen (secondary N) is 2. The highest BCUT2D eigenvalue weighted by atomic mass is 79.9. The standard InChI is InChI=1S/C12H11BrN2O4/c1-2-19-9-5-7(13)3-6(10(9)16)4-8-11(17)15-12(18)14-8/h3-5,16H,2H2,1H3,(H2,14,15,17,18)/b8-4+. The van der Waals surface area contributed by atoms with Gasteiger partial charge in [-0.15, -0.1) is 0 Å². The SMILES string of the molecule is CCOc1cc(Br)cc(/C=C2/NC(=O)NC2=O)c1O. The predicted molar refractivity (Wildman–Crippen MR) is 71.6 cm³/mol. The number of phenolic OH excluding ortho intramolecular Hbond substituents is 1. The molecule has 6 nitrogen and oxygen atoms in total. The molecule has 0 saturated carbocycles. The lowest BCUT2D eigenvalue weighted by Gasteiger charge is -2.09. The number of halogens is 1. The summed E-state index contributed by atoms with van der Waals surface area (Å²) >= 11 is 3.29. The van der Waals surface area contributed by atoms with Crippen LogP contribution < -0.4 is 15.4 Å². The fourth-order valence-electron chi connectivity index (χ4n) is 1.61. The molecule has 1 fully saturated rings. The van der Waals surface area contributed by atoms with Gasteiger partial charge in [0.25, 0.3) is 5.91 Å². The maximum Gasteiger partial charge on any atom is 0.326 e. The average molecular weight is 327 g/mol. The van der Waals surface area contributed by atoms with Crippen molar-refractivity contribution in [3.63, 3.8) is 0 Å². The first-order valence-corrected chi connectivity index (χ1v) is 6.30. The smallest absolute Gasteiger partial charge is 0.326 e. The van der Waals surface area contributed by atoms with Crippen LogP contribution in [0.15, 0.2) is 22.3 Å². The molecule has 1 aliphatic heterocycles. The van der Waals surface area contributed by atoms with E-state index >= 15 is 0 Å². The summed E-state index contributed by atoms with van der Waals surface area (Å²) in [6.45, 7) is 2.19. The van der Waals surface area contributed by atoms with Gasteiger partial charge in [-0.05, 0) is 25.1 Å². The number of benzene rings is 1. The highest BCUT2D eigenvalue weighted by Gasteiger charge is 2.23. The van der Waals surface area contributed by atoms with Crippen molar-refractivity contribution in [1.29, 1.82) is 0 Å². The van der Waals surface area contributed by atoms with Crippen LogP contribution in [0, 0.1) is 0 Å². The van der Waals surface area contributed by atoms with Crippen molar-refractivity contribution in [2.75, 3.05) is 6.61 Å². The van der Waals surface area contributed by atoms with Crippen molar-refractivity contribution in [2.24, 2.45) is 0 Å². The van der Waals surface area contributed by atoms with Crippen LogP contribution in [-0.2, 0) is 4.79 Å². The molecule has 1 saturated heterocycles. The Bertz CT molecular complexity index is 583. The van der Waals surface area contributed by atoms with E-state index in [-0.39, 0.29) is 11.4 Å². The normalized spacial score (nSPS) is 16.4. The molecular formula is C12H11BrN2O4. The van der Waals surface area contributed by atoms with E-state index < -0.39 is 11.9 Å². The van der Waals surface area contributed by atoms with E-state index in [4.69, 9.17) is 4.74 Å². The lowest BCUT2D eigenvalue weighted by molar-refractivity contribution is -0.115. The first kappa shape index (κ1) is 13.4. The number of urea groups is 1. The number of ether oxygens (including phenoxy) is 1. The van der Waals surface area contributed by atoms with E-state index in [0.717, 1.165) is 0 Å². The topological polar surface area (TPSA) is 87.7 Å². The molecule has 0 bridgehead atoms. The lowest BCUT2D eigenvalue weighted by Crippen LogP contribution is -2.22. The lowest BCUT2D eigenvalue weighted by atomic mass is 10.1. The number of hydrogen-bond acceptors (Lipinski definition) is 4. The van der Waals surface area contributed by atoms with Gasteiger partial charge >= 0.3 is 6.03 Å². The molecule has 0 atom stereocenters. The van der Waals surface area contributed by atoms with Crippen LogP contribution in [0.4, 0.5) is 4.79 Å². The van der Waals surface area contributed by atoms with Gasteiger partial charge in [-0.2, -0.15) is 0 Å². The van der Waals surface area contributed by atoms with Crippen LogP contribution in [0.25, 0.3) is 6.08 Å². The van der Waals surface area contributed by atoms with Crippen molar-refractivity contribution < 1.29 is 19.4 Å². The fraction of sp³-hybridized carbons (Fsp3) is 0.167. The van der Waals surface area contributed by atoms with Crippen LogP contribution in [0.5, 0.6) is 11.5 Å². The molecule has 19 heavy (non-hydrogen) atoms. The van der Waals surface area contributed by atoms with Gasteiger partial charge in [0, 0.05) is 10.0 Å². The summed E-state index contributed by atoms with van der Waals surface area (Å²) in [6.07, 6.45) is 1.38. The van der Waals surface area contributed by atoms with Crippen molar-refractivity contribution in [1.82, 2.24) is 10.6 Å². The minimum atomic E-state index is -0.587. The van der Waals surface area contributed by atoms with Gasteiger partial charge in [-0.3, -0.25) is 10.1 Å². The second-order valence-electron chi connectivity index (χ2n) is 3.74. The van der Waals surface area contributed by atoms with E-state index in [2.05, 4.69) is 26.6 Å². The number of carbonyl (C=O) groups is 2. The summed E-state index contributed by atoms with van der Waals surface area (Å²) in [5, 5.41) is 14.4. The summed E-state index contributed by atoms with van der Waals surface area (Å²) in [6, 6.07) is 2.65. The maximum atomic E-state index is 11.4. The first-order valence-electron chi connectivity index (χ1n) is 5.50. The van der Waals surface area contributed by atoms with Crippen molar-refractivity contribution in [3.05, 3.63) is 27.9 Å². The minimum Gasteiger partial charge on any atom is -0.504 e. The molecule has 0 spiro atoms. The number of amides is 3. The number of carbonyl (C=O) groups excluding carboxylic acids is 2. The number of phenols is 1. The van der Waals surface area contributed by atoms with Gasteiger partial charge in [-0.1, -0.05) is 15.9 Å². The summed E-state index contributed by atoms with van der Waals surface area (Å²) in [5.41, 5.74) is 0.436. The Balaban J connectivity index is 2.42. The van der Waals surface area contributed by atoms with E-state index in [1.807, 2.05) is 0 Å². The van der Waals surface area contributed by atoms with Crippen molar-refractivity contribution in [3.8, 4) is 11.5 Å². The highest BCUT2D eigenvalue weighted by molar-refractivity contribution is 9.10. The van der Waals surface area contributed by atoms with Crippen molar-refractivity contribution >= 4 is 33.9 Å². The van der Waals surface area contributed by atoms with Crippen molar-refractivity contribution in [2.45, 2.75) is 6.92 Å². The van der Waals surface area contributed by atoms with E-state index in [1.54, 1.807) is 19.1 Å². The Hall–Kier alpha value is -2.02. The van der Waals surface area contributed by atoms with Gasteiger partial charge in [0.2, 0.25) is 0 Å². The zero-order valence-electron chi connectivity index (χ0n) is 9.99. The van der Waals surface area contributed by atoms with Crippen LogP contribution in [0.3, 0.4) is 0 Å². The first-order chi connectivity index (χ1) is 9.01. The maximum absolute atomic E-state index is 11.4. The summed E-state index contributed by atoms with van der Waals surface area (Å²) in [5.74, 6) is -0.331. The Labute approximate surface area is 117 Å². The average Bonchev–Trinajstić information content (AvgIpc) is 2.64. The summed E-state index contributed by atoms with van der Waals surface area (Å²) < 4.78 is 5.96. The molecule has 0 unspecified atom stereocenters. The molecular weight excluding hydrogens is 316 g/mol. The molecule has 1 heterocycles. The minimum absolute atomic E-state index is 0.0702. The molecule has 100 valence electrons. The Morgan fingerprint density at radius 2 is 2.11 bits per heavy atom. The Morgan fingerprint density at radius 1 is 1.37 bits per heavy atom. The van der Waals surface area contributed by atoms with Gasteiger partial charge in [0.15, 0.2) is 11.5 Å². The van der Waals surface area contributed by atoms with Crippen LogP contribution >= 0.6 is 15.9 Å². The van der Waals surface area contributed by atoms with Crippen LogP contribution in [-0.4, -0.2) is 23.7 Å². The molecule has 1 aliphatic rings. The zero-order chi connectivity index (χ0) is 14.0. The largest absolute Gasteiger partial charge is 0.504 e. The monoisotopic (exact) mass is 326 g/mol. The number of aromatic hydroxyl groups is 1. The predicted octanol–water partition coefficient (Wildman–Crippen LogP) is 1.73. The Morgan fingerprint density at radius 3 is 2.68 bits per heavy atom. The highest BCUT2D eigenvalue weighted by Crippen LogP contribution is 2.35. The summed E-state index contributed by atoms with van der Waals surface area (Å²) in [4.78, 5) is 22.4. The molecule has 0 radical (unpaired) electrons. The molecule has 3 N–H and O–H groups in total. The second-order valence-corrected chi connectivity index (χ2v) is 4.66. The molecule has 0 aromatic heterocycles. The van der Waals surface area contributed by atoms with Gasteiger partial charge in [0.05, 0.1) is 6.61 Å². The quantitative estimate of drug-likeness (QED) is 0.583. The summed E-state index contributed by atoms with van der Waals surface area (Å²) in [7, 11) is 0. The van der Waals surface area contributed by atoms with E-state index in [0.29, 0.717) is 22.4 Å². The number of rotatable bonds is 3. The number of hydrogen-bond donors (Lipinski definition) is 3. The molecule has 1 aromatic rings. The molecule has 1 aromatic carbocycles. The second kappa shape index (κ2) is 5.31. The van der Waals surface area contributed by atoms with Gasteiger partial charge in [-0.25, -0.2) is 4.79 Å². The van der Waals surface area contributed by atoms with Gasteiger partial charge < -0.3 is 15.2 Å². The molecule has 2 rings (SSSR count). The third kappa shape index (κ3) is 2.87. The molecule has 0 aliphatic carbocycles. The van der Waals surface area contributed by atoms with Gasteiger partial charge in [0.1, 0.15) is 5.70 Å². The fourth-order valence-corrected chi connectivity index (χ4v) is 2.06. The van der Waals surface area contributed by atoms with Crippen LogP contribution in [0.2, 0.25) is 0 Å². The van der Waals surface area contributed by atoms with E-state index in [1.165, 1.54) is 6.08 Å². The van der Waals surface area contributed by atoms with E-state index in [9.17, 15) is 14.7 Å². The van der Waals surface area contributed by atoms with Crippen LogP contribution in [0.1, 0.15) is 12.5 Å².